The fourth-order valence-corrected chi connectivity index (χ4v) is 8.28. The molecule has 224 valence electrons. The van der Waals surface area contributed by atoms with Crippen molar-refractivity contribution in [3.63, 3.8) is 0 Å². The van der Waals surface area contributed by atoms with Gasteiger partial charge in [-0.25, -0.2) is 6.08 Å². The summed E-state index contributed by atoms with van der Waals surface area (Å²) in [6, 6.07) is 12.1. The Morgan fingerprint density at radius 2 is 1.30 bits per heavy atom. The van der Waals surface area contributed by atoms with Gasteiger partial charge in [-0.15, -0.1) is 39.7 Å². The third-order valence-corrected chi connectivity index (χ3v) is 11.2. The van der Waals surface area contributed by atoms with Crippen molar-refractivity contribution in [1.29, 1.82) is 0 Å². The van der Waals surface area contributed by atoms with E-state index in [1.165, 1.54) is 99.0 Å². The van der Waals surface area contributed by atoms with Crippen molar-refractivity contribution in [3.8, 4) is 0 Å². The number of hydrogen-bond acceptors (Lipinski definition) is 0. The molecule has 1 fully saturated rings. The van der Waals surface area contributed by atoms with E-state index in [0.29, 0.717) is 11.3 Å². The number of allylic oxidation sites excluding steroid dienone is 8. The normalized spacial score (nSPS) is 21.4. The van der Waals surface area contributed by atoms with E-state index < -0.39 is 0 Å². The van der Waals surface area contributed by atoms with Crippen molar-refractivity contribution in [1.82, 2.24) is 0 Å². The first-order valence-corrected chi connectivity index (χ1v) is 17.8. The van der Waals surface area contributed by atoms with Gasteiger partial charge in [-0.3, -0.25) is 6.08 Å². The zero-order valence-corrected chi connectivity index (χ0v) is 31.0. The maximum absolute atomic E-state index is 3.35. The molecular formula is C42H52Zr. The molecule has 3 aromatic rings. The fourth-order valence-electron chi connectivity index (χ4n) is 7.41. The van der Waals surface area contributed by atoms with Gasteiger partial charge in [0.1, 0.15) is 0 Å². The van der Waals surface area contributed by atoms with Crippen LogP contribution in [0.5, 0.6) is 0 Å². The van der Waals surface area contributed by atoms with Gasteiger partial charge in [-0.2, -0.15) is 11.6 Å². The summed E-state index contributed by atoms with van der Waals surface area (Å²) in [7, 11) is 0. The van der Waals surface area contributed by atoms with Gasteiger partial charge in [-0.1, -0.05) is 109 Å². The van der Waals surface area contributed by atoms with Crippen LogP contribution in [-0.4, -0.2) is 3.21 Å². The molecule has 1 heteroatoms. The molecule has 0 saturated heterocycles. The standard InChI is InChI=1S/C25H25.C11H17.C6H10.Zr/c1-14-12-24(3,4)22-8-16-7-17-9-23-19(15(2)13-25(23,5)6)11-21(17)20(16)10-18(14)22;1-5-9-6-7-10(8-9)11(2,3)4;1-2-4-6-5-3-1;/h7-13H,1-6H3;7-9H,5H2,1-4H3;1-5H2;/q2*-1;;+2. The van der Waals surface area contributed by atoms with Crippen molar-refractivity contribution in [2.45, 2.75) is 119 Å². The zero-order valence-electron chi connectivity index (χ0n) is 28.5. The third-order valence-electron chi connectivity index (χ3n) is 9.97. The second kappa shape index (κ2) is 12.1. The Balaban J connectivity index is 0.000000168. The van der Waals surface area contributed by atoms with Gasteiger partial charge >= 0.3 is 59.5 Å². The van der Waals surface area contributed by atoms with E-state index in [4.69, 9.17) is 0 Å². The zero-order chi connectivity index (χ0) is 31.3. The van der Waals surface area contributed by atoms with Crippen molar-refractivity contribution in [3.05, 3.63) is 88.5 Å². The minimum absolute atomic E-state index is 0.139. The molecule has 4 aliphatic rings. The van der Waals surface area contributed by atoms with Gasteiger partial charge in [0.25, 0.3) is 0 Å². The molecule has 0 aromatic heterocycles. The van der Waals surface area contributed by atoms with E-state index in [2.05, 4.69) is 130 Å². The van der Waals surface area contributed by atoms with Crippen LogP contribution in [0.1, 0.15) is 130 Å². The summed E-state index contributed by atoms with van der Waals surface area (Å²) in [5.41, 5.74) is 10.6. The number of benzene rings is 2. The fraction of sp³-hybridized carbons (Fsp3) is 0.476. The van der Waals surface area contributed by atoms with Gasteiger partial charge in [-0.05, 0) is 36.1 Å². The van der Waals surface area contributed by atoms with E-state index >= 15 is 0 Å². The molecule has 1 unspecified atom stereocenters. The molecule has 0 radical (unpaired) electrons. The van der Waals surface area contributed by atoms with Crippen LogP contribution in [0.4, 0.5) is 0 Å². The first-order chi connectivity index (χ1) is 20.1. The van der Waals surface area contributed by atoms with Crippen molar-refractivity contribution in [2.24, 2.45) is 11.3 Å². The molecule has 1 atom stereocenters. The van der Waals surface area contributed by atoms with Crippen LogP contribution < -0.4 is 0 Å². The molecule has 0 nitrogen and oxygen atoms in total. The van der Waals surface area contributed by atoms with Crippen LogP contribution in [0, 0.1) is 17.4 Å². The molecule has 0 aliphatic heterocycles. The van der Waals surface area contributed by atoms with Crippen LogP contribution in [-0.2, 0) is 35.1 Å². The average Bonchev–Trinajstić information content (AvgIpc) is 3.66. The van der Waals surface area contributed by atoms with Crippen molar-refractivity contribution in [2.75, 3.05) is 0 Å². The van der Waals surface area contributed by atoms with Crippen LogP contribution >= 0.6 is 0 Å². The van der Waals surface area contributed by atoms with Gasteiger partial charge in [0.15, 0.2) is 0 Å². The van der Waals surface area contributed by atoms with Crippen LogP contribution in [0.3, 0.4) is 0 Å². The molecule has 0 spiro atoms. The van der Waals surface area contributed by atoms with E-state index in [-0.39, 0.29) is 10.8 Å². The predicted octanol–water partition coefficient (Wildman–Crippen LogP) is 12.1. The van der Waals surface area contributed by atoms with Crippen LogP contribution in [0.15, 0.2) is 60.2 Å². The summed E-state index contributed by atoms with van der Waals surface area (Å²) in [5.74, 6) is 0.573. The molecule has 7 rings (SSSR count). The quantitative estimate of drug-likeness (QED) is 0.231. The van der Waals surface area contributed by atoms with E-state index in [0.717, 1.165) is 0 Å². The Morgan fingerprint density at radius 1 is 0.814 bits per heavy atom. The maximum atomic E-state index is 3.35. The number of fused-ring (bicyclic) bond motifs is 5. The topological polar surface area (TPSA) is 0 Å². The molecule has 0 N–H and O–H groups in total. The average molecular weight is 648 g/mol. The van der Waals surface area contributed by atoms with E-state index in [9.17, 15) is 0 Å². The van der Waals surface area contributed by atoms with Crippen molar-refractivity contribution < 1.29 is 24.2 Å². The van der Waals surface area contributed by atoms with E-state index in [1.807, 2.05) is 0 Å². The van der Waals surface area contributed by atoms with Crippen molar-refractivity contribution >= 4 is 35.9 Å². The minimum atomic E-state index is 0.139. The van der Waals surface area contributed by atoms with E-state index in [1.54, 1.807) is 27.4 Å². The summed E-state index contributed by atoms with van der Waals surface area (Å²) >= 11 is 1.69. The summed E-state index contributed by atoms with van der Waals surface area (Å²) in [4.78, 5) is 0. The van der Waals surface area contributed by atoms with Gasteiger partial charge in [0, 0.05) is 10.8 Å². The molecule has 0 heterocycles. The van der Waals surface area contributed by atoms with Crippen LogP contribution in [0.2, 0.25) is 0 Å². The Bertz CT molecular complexity index is 1580. The summed E-state index contributed by atoms with van der Waals surface area (Å²) < 4.78 is 1.80. The third kappa shape index (κ3) is 6.69. The Hall–Kier alpha value is -1.98. The van der Waals surface area contributed by atoms with Gasteiger partial charge in [0.2, 0.25) is 0 Å². The summed E-state index contributed by atoms with van der Waals surface area (Å²) in [6.45, 7) is 22.7. The second-order valence-corrected chi connectivity index (χ2v) is 17.3. The first-order valence-electron chi connectivity index (χ1n) is 16.6. The van der Waals surface area contributed by atoms with Gasteiger partial charge in [0.05, 0.1) is 0 Å². The summed E-state index contributed by atoms with van der Waals surface area (Å²) in [5, 5.41) is 5.57. The van der Waals surface area contributed by atoms with Crippen LogP contribution in [0.25, 0.3) is 32.7 Å². The second-order valence-electron chi connectivity index (χ2n) is 15.6. The molecule has 1 saturated carbocycles. The monoisotopic (exact) mass is 646 g/mol. The number of rotatable bonds is 1. The molecular weight excluding hydrogens is 596 g/mol. The Morgan fingerprint density at radius 3 is 1.65 bits per heavy atom. The molecule has 4 aliphatic carbocycles. The molecule has 3 aromatic carbocycles. The number of hydrogen-bond donors (Lipinski definition) is 0. The molecule has 0 bridgehead atoms. The molecule has 0 amide bonds. The first kappa shape index (κ1) is 32.4. The SMILES string of the molecule is CC1=CC(C)(C)c2cc3[cH-]c4cc5c(cc4c3cc21)C(C)=CC5(C)C.CCC1[C-]=CC(C(C)(C)C)=C1.[Zr+2]=[C]1CCCCC1. The summed E-state index contributed by atoms with van der Waals surface area (Å²) in [6.07, 6.45) is 21.1. The Kier molecular flexibility index (Phi) is 9.11. The van der Waals surface area contributed by atoms with Gasteiger partial charge < -0.3 is 0 Å². The Labute approximate surface area is 277 Å². The molecule has 43 heavy (non-hydrogen) atoms. The predicted molar refractivity (Wildman–Crippen MR) is 188 cm³/mol.